The fourth-order valence-electron chi connectivity index (χ4n) is 2.18. The van der Waals surface area contributed by atoms with Crippen molar-refractivity contribution in [3.63, 3.8) is 0 Å². The van der Waals surface area contributed by atoms with Gasteiger partial charge in [0, 0.05) is 5.69 Å². The molecule has 1 heterocycles. The van der Waals surface area contributed by atoms with Crippen LogP contribution in [0, 0.1) is 13.8 Å². The van der Waals surface area contributed by atoms with Gasteiger partial charge in [0.25, 0.3) is 0 Å². The number of hydrogen-bond donors (Lipinski definition) is 3. The van der Waals surface area contributed by atoms with E-state index in [-0.39, 0.29) is 0 Å². The first-order chi connectivity index (χ1) is 9.06. The zero-order chi connectivity index (χ0) is 13.8. The van der Waals surface area contributed by atoms with Crippen LogP contribution in [0.3, 0.4) is 0 Å². The lowest BCUT2D eigenvalue weighted by Crippen LogP contribution is -3.12. The average molecular weight is 279 g/mol. The first-order valence-corrected chi connectivity index (χ1v) is 7.17. The van der Waals surface area contributed by atoms with Crippen LogP contribution in [0.4, 0.5) is 5.69 Å². The van der Waals surface area contributed by atoms with Crippen molar-refractivity contribution in [1.82, 2.24) is 10.4 Å². The highest BCUT2D eigenvalue weighted by molar-refractivity contribution is 7.80. The SMILES string of the molecule is Cc1cccc(NC(=S)NN2CC[NH+](C)CC2)c1C. The Morgan fingerprint density at radius 1 is 1.26 bits per heavy atom. The van der Waals surface area contributed by atoms with Crippen LogP contribution in [0.15, 0.2) is 18.2 Å². The summed E-state index contributed by atoms with van der Waals surface area (Å²) in [5.41, 5.74) is 6.87. The van der Waals surface area contributed by atoms with Gasteiger partial charge in [0.1, 0.15) is 0 Å². The summed E-state index contributed by atoms with van der Waals surface area (Å²) in [6.45, 7) is 8.58. The Morgan fingerprint density at radius 3 is 2.63 bits per heavy atom. The zero-order valence-electron chi connectivity index (χ0n) is 11.9. The van der Waals surface area contributed by atoms with E-state index in [1.165, 1.54) is 11.1 Å². The van der Waals surface area contributed by atoms with Crippen LogP contribution in [0.25, 0.3) is 0 Å². The number of nitrogens with zero attached hydrogens (tertiary/aromatic N) is 1. The molecule has 0 amide bonds. The van der Waals surface area contributed by atoms with Gasteiger partial charge in [-0.05, 0) is 43.3 Å². The molecule has 0 atom stereocenters. The number of piperazine rings is 1. The van der Waals surface area contributed by atoms with E-state index >= 15 is 0 Å². The first-order valence-electron chi connectivity index (χ1n) is 6.76. The van der Waals surface area contributed by atoms with Crippen LogP contribution in [-0.4, -0.2) is 43.3 Å². The summed E-state index contributed by atoms with van der Waals surface area (Å²) in [5.74, 6) is 0. The Kier molecular flexibility index (Phi) is 4.74. The van der Waals surface area contributed by atoms with Crippen molar-refractivity contribution in [3.05, 3.63) is 29.3 Å². The van der Waals surface area contributed by atoms with Crippen molar-refractivity contribution in [1.29, 1.82) is 0 Å². The van der Waals surface area contributed by atoms with Crippen molar-refractivity contribution in [2.45, 2.75) is 13.8 Å². The van der Waals surface area contributed by atoms with Crippen LogP contribution in [0.5, 0.6) is 0 Å². The van der Waals surface area contributed by atoms with Gasteiger partial charge in [-0.1, -0.05) is 12.1 Å². The molecule has 0 saturated carbocycles. The molecule has 0 aromatic heterocycles. The number of thiocarbonyl (C=S) groups is 1. The maximum atomic E-state index is 5.38. The van der Waals surface area contributed by atoms with E-state index in [1.54, 1.807) is 4.90 Å². The van der Waals surface area contributed by atoms with Gasteiger partial charge in [0.05, 0.1) is 33.2 Å². The number of rotatable bonds is 2. The smallest absolute Gasteiger partial charge is 0.185 e. The molecule has 104 valence electrons. The van der Waals surface area contributed by atoms with Crippen LogP contribution in [0.2, 0.25) is 0 Å². The van der Waals surface area contributed by atoms with Crippen LogP contribution in [-0.2, 0) is 0 Å². The molecule has 0 unspecified atom stereocenters. The minimum atomic E-state index is 0.674. The van der Waals surface area contributed by atoms with Gasteiger partial charge in [-0.3, -0.25) is 5.43 Å². The Hall–Kier alpha value is -1.17. The van der Waals surface area contributed by atoms with Crippen molar-refractivity contribution >= 4 is 23.0 Å². The van der Waals surface area contributed by atoms with Gasteiger partial charge >= 0.3 is 0 Å². The van der Waals surface area contributed by atoms with E-state index in [0.717, 1.165) is 31.9 Å². The lowest BCUT2D eigenvalue weighted by atomic mass is 10.1. The molecular weight excluding hydrogens is 256 g/mol. The number of quaternary nitrogens is 1. The summed E-state index contributed by atoms with van der Waals surface area (Å²) < 4.78 is 0. The van der Waals surface area contributed by atoms with Gasteiger partial charge in [-0.25, -0.2) is 5.01 Å². The second-order valence-electron chi connectivity index (χ2n) is 5.26. The van der Waals surface area contributed by atoms with Gasteiger partial charge in [-0.2, -0.15) is 0 Å². The zero-order valence-corrected chi connectivity index (χ0v) is 12.7. The minimum Gasteiger partial charge on any atom is -0.335 e. The van der Waals surface area contributed by atoms with E-state index in [1.807, 2.05) is 6.07 Å². The van der Waals surface area contributed by atoms with Gasteiger partial charge in [0.2, 0.25) is 0 Å². The highest BCUT2D eigenvalue weighted by atomic mass is 32.1. The summed E-state index contributed by atoms with van der Waals surface area (Å²) in [5, 5.41) is 6.14. The maximum absolute atomic E-state index is 5.38. The average Bonchev–Trinajstić information content (AvgIpc) is 2.38. The third-order valence-electron chi connectivity index (χ3n) is 3.73. The molecule has 0 spiro atoms. The number of hydrogen-bond acceptors (Lipinski definition) is 2. The summed E-state index contributed by atoms with van der Waals surface area (Å²) in [4.78, 5) is 1.58. The van der Waals surface area contributed by atoms with E-state index in [0.29, 0.717) is 5.11 Å². The molecule has 3 N–H and O–H groups in total. The Bertz CT molecular complexity index is 453. The molecule has 1 aromatic rings. The lowest BCUT2D eigenvalue weighted by Gasteiger charge is -2.31. The van der Waals surface area contributed by atoms with Crippen LogP contribution in [0.1, 0.15) is 11.1 Å². The standard InChI is InChI=1S/C14H22N4S/c1-11-5-4-6-13(12(11)2)15-14(19)16-18-9-7-17(3)8-10-18/h4-6H,7-10H2,1-3H3,(H2,15,16,19)/p+1. The largest absolute Gasteiger partial charge is 0.335 e. The number of likely N-dealkylation sites (N-methyl/N-ethyl adjacent to an activating group) is 1. The predicted octanol–water partition coefficient (Wildman–Crippen LogP) is 0.335. The summed E-state index contributed by atoms with van der Waals surface area (Å²) in [6.07, 6.45) is 0. The van der Waals surface area contributed by atoms with Crippen molar-refractivity contribution < 1.29 is 4.90 Å². The quantitative estimate of drug-likeness (QED) is 0.682. The van der Waals surface area contributed by atoms with Crippen LogP contribution < -0.4 is 15.6 Å². The number of hydrazine groups is 1. The molecule has 1 aromatic carbocycles. The molecule has 4 nitrogen and oxygen atoms in total. The van der Waals surface area contributed by atoms with Gasteiger partial charge in [0.15, 0.2) is 5.11 Å². The second kappa shape index (κ2) is 6.32. The summed E-state index contributed by atoms with van der Waals surface area (Å²) in [7, 11) is 2.23. The highest BCUT2D eigenvalue weighted by Gasteiger charge is 2.17. The first kappa shape index (κ1) is 14.2. The molecule has 1 fully saturated rings. The fourth-order valence-corrected chi connectivity index (χ4v) is 2.42. The fraction of sp³-hybridized carbons (Fsp3) is 0.500. The lowest BCUT2D eigenvalue weighted by molar-refractivity contribution is -0.884. The Morgan fingerprint density at radius 2 is 1.95 bits per heavy atom. The van der Waals surface area contributed by atoms with Gasteiger partial charge in [-0.15, -0.1) is 0 Å². The third-order valence-corrected chi connectivity index (χ3v) is 3.92. The highest BCUT2D eigenvalue weighted by Crippen LogP contribution is 2.17. The third kappa shape index (κ3) is 3.89. The molecule has 0 bridgehead atoms. The molecule has 1 aliphatic heterocycles. The number of anilines is 1. The van der Waals surface area contributed by atoms with Gasteiger partial charge < -0.3 is 10.2 Å². The molecule has 1 saturated heterocycles. The second-order valence-corrected chi connectivity index (χ2v) is 5.67. The molecule has 1 aliphatic rings. The number of benzene rings is 1. The van der Waals surface area contributed by atoms with E-state index in [4.69, 9.17) is 12.2 Å². The molecular formula is C14H23N4S+. The molecule has 0 aliphatic carbocycles. The summed E-state index contributed by atoms with van der Waals surface area (Å²) >= 11 is 5.38. The van der Waals surface area contributed by atoms with Crippen molar-refractivity contribution in [2.75, 3.05) is 38.5 Å². The number of nitrogens with one attached hydrogen (secondary N) is 3. The molecule has 2 rings (SSSR count). The minimum absolute atomic E-state index is 0.674. The van der Waals surface area contributed by atoms with E-state index in [2.05, 4.69) is 48.8 Å². The molecule has 0 radical (unpaired) electrons. The van der Waals surface area contributed by atoms with Crippen molar-refractivity contribution in [2.24, 2.45) is 0 Å². The number of aryl methyl sites for hydroxylation is 1. The van der Waals surface area contributed by atoms with E-state index in [9.17, 15) is 0 Å². The van der Waals surface area contributed by atoms with E-state index < -0.39 is 0 Å². The Labute approximate surface area is 120 Å². The topological polar surface area (TPSA) is 31.7 Å². The van der Waals surface area contributed by atoms with Crippen molar-refractivity contribution in [3.8, 4) is 0 Å². The summed E-state index contributed by atoms with van der Waals surface area (Å²) in [6, 6.07) is 6.22. The van der Waals surface area contributed by atoms with Crippen LogP contribution >= 0.6 is 12.2 Å². The monoisotopic (exact) mass is 279 g/mol. The molecule has 5 heteroatoms. The maximum Gasteiger partial charge on any atom is 0.185 e. The Balaban J connectivity index is 1.89. The molecule has 19 heavy (non-hydrogen) atoms. The normalized spacial score (nSPS) is 17.2. The predicted molar refractivity (Wildman–Crippen MR) is 83.5 cm³/mol.